The third kappa shape index (κ3) is 4.41. The molecule has 5 rings (SSSR count). The van der Waals surface area contributed by atoms with Crippen LogP contribution >= 0.6 is 20.8 Å². The number of nitrogens with zero attached hydrogens (tertiary/aromatic N) is 2. The van der Waals surface area contributed by atoms with Gasteiger partial charge in [-0.15, -0.1) is 0 Å². The number of ether oxygens (including phenoxy) is 1. The first kappa shape index (κ1) is 27.7. The van der Waals surface area contributed by atoms with Gasteiger partial charge in [-0.25, -0.2) is 0 Å². The topological polar surface area (TPSA) is 95.5 Å². The minimum absolute atomic E-state index is 0.148. The van der Waals surface area contributed by atoms with Gasteiger partial charge in [0.1, 0.15) is 0 Å². The molecule has 0 aliphatic heterocycles. The Bertz CT molecular complexity index is 1650. The molecule has 1 aromatic heterocycles. The Balaban J connectivity index is 1.95. The van der Waals surface area contributed by atoms with Crippen molar-refractivity contribution in [2.24, 2.45) is 0 Å². The molecule has 4 aromatic carbocycles. The number of rotatable bonds is 8. The van der Waals surface area contributed by atoms with Crippen LogP contribution in [0.1, 0.15) is 32.0 Å². The Kier molecular flexibility index (Phi) is 7.34. The number of hydrogen-bond donors (Lipinski definition) is 0. The van der Waals surface area contributed by atoms with E-state index >= 15 is 0 Å². The van der Waals surface area contributed by atoms with E-state index in [2.05, 4.69) is 56.9 Å². The Morgan fingerprint density at radius 2 is 1.32 bits per heavy atom. The van der Waals surface area contributed by atoms with Crippen LogP contribution in [0.25, 0.3) is 10.9 Å². The first-order valence-corrected chi connectivity index (χ1v) is 17.2. The monoisotopic (exact) mass is 618 g/mol. The van der Waals surface area contributed by atoms with Crippen molar-refractivity contribution in [1.29, 1.82) is 0 Å². The van der Waals surface area contributed by atoms with Gasteiger partial charge < -0.3 is 0 Å². The van der Waals surface area contributed by atoms with E-state index in [1.807, 2.05) is 61.5 Å². The molecule has 40 heavy (non-hydrogen) atoms. The van der Waals surface area contributed by atoms with Crippen LogP contribution in [-0.4, -0.2) is 16.0 Å². The zero-order valence-corrected chi connectivity index (χ0v) is 24.7. The van der Waals surface area contributed by atoms with E-state index in [4.69, 9.17) is 9.15 Å². The Morgan fingerprint density at radius 1 is 0.850 bits per heavy atom. The molecule has 1 heterocycles. The van der Waals surface area contributed by atoms with Crippen molar-refractivity contribution in [1.82, 2.24) is 4.98 Å². The molecule has 0 amide bonds. The summed E-state index contributed by atoms with van der Waals surface area (Å²) in [6, 6.07) is 32.9. The molecule has 0 bridgehead atoms. The summed E-state index contributed by atoms with van der Waals surface area (Å²) in [7, 11) is 0. The van der Waals surface area contributed by atoms with Crippen LogP contribution in [-0.2, 0) is 0 Å². The summed E-state index contributed by atoms with van der Waals surface area (Å²) in [6.07, 6.45) is -0.526. The molecule has 0 saturated carbocycles. The van der Waals surface area contributed by atoms with Gasteiger partial charge in [-0.1, -0.05) is 0 Å². The first-order chi connectivity index (χ1) is 19.1. The average Bonchev–Trinajstić information content (AvgIpc) is 2.96. The zero-order chi connectivity index (χ0) is 28.5. The third-order valence-corrected chi connectivity index (χ3v) is 18.4. The SMILES string of the molecule is CC(C)Oc1nc2cc([N+](=O)[O-])cc(C(C)P(Br)(c3ccccc3)(c3ccccc3)c3ccccc3)c2c(=O)o1. The van der Waals surface area contributed by atoms with Gasteiger partial charge in [0.2, 0.25) is 0 Å². The summed E-state index contributed by atoms with van der Waals surface area (Å²) < 4.78 is 11.0. The molecule has 0 fully saturated rings. The fraction of sp³-hybridized carbons (Fsp3) is 0.161. The summed E-state index contributed by atoms with van der Waals surface area (Å²) >= 11 is 4.42. The number of hydrogen-bond acceptors (Lipinski definition) is 6. The van der Waals surface area contributed by atoms with Gasteiger partial charge in [0, 0.05) is 0 Å². The second-order valence-electron chi connectivity index (χ2n) is 9.88. The van der Waals surface area contributed by atoms with Crippen LogP contribution in [0.4, 0.5) is 5.69 Å². The third-order valence-electron chi connectivity index (χ3n) is 7.24. The van der Waals surface area contributed by atoms with Crippen LogP contribution in [0.2, 0.25) is 0 Å². The molecular formula is C31H28BrN2O5P. The molecule has 0 aliphatic rings. The van der Waals surface area contributed by atoms with Gasteiger partial charge in [0.15, 0.2) is 0 Å². The molecule has 204 valence electrons. The van der Waals surface area contributed by atoms with E-state index in [1.165, 1.54) is 12.1 Å². The fourth-order valence-corrected chi connectivity index (χ4v) is 13.4. The molecule has 1 unspecified atom stereocenters. The summed E-state index contributed by atoms with van der Waals surface area (Å²) in [5, 5.41) is 11.7. The molecule has 7 nitrogen and oxygen atoms in total. The second-order valence-corrected chi connectivity index (χ2v) is 18.8. The molecule has 1 atom stereocenters. The van der Waals surface area contributed by atoms with Crippen LogP contribution in [0.3, 0.4) is 0 Å². The van der Waals surface area contributed by atoms with Gasteiger partial charge in [-0.2, -0.15) is 0 Å². The number of benzene rings is 4. The van der Waals surface area contributed by atoms with Gasteiger partial charge in [-0.3, -0.25) is 0 Å². The molecule has 0 aliphatic carbocycles. The normalized spacial score (nSPS) is 13.5. The average molecular weight is 619 g/mol. The van der Waals surface area contributed by atoms with E-state index in [-0.39, 0.29) is 28.8 Å². The van der Waals surface area contributed by atoms with Crippen LogP contribution < -0.4 is 26.3 Å². The van der Waals surface area contributed by atoms with Gasteiger partial charge in [0.05, 0.1) is 0 Å². The Morgan fingerprint density at radius 3 is 1.75 bits per heavy atom. The molecule has 0 radical (unpaired) electrons. The van der Waals surface area contributed by atoms with Gasteiger partial charge >= 0.3 is 240 Å². The van der Waals surface area contributed by atoms with Crippen LogP contribution in [0.5, 0.6) is 6.08 Å². The first-order valence-electron chi connectivity index (χ1n) is 12.8. The van der Waals surface area contributed by atoms with Crippen molar-refractivity contribution in [2.45, 2.75) is 32.5 Å². The predicted octanol–water partition coefficient (Wildman–Crippen LogP) is 6.78. The quantitative estimate of drug-likeness (QED) is 0.108. The number of nitro groups is 1. The van der Waals surface area contributed by atoms with Crippen molar-refractivity contribution in [2.75, 3.05) is 0 Å². The molecule has 5 aromatic rings. The van der Waals surface area contributed by atoms with Crippen molar-refractivity contribution < 1.29 is 14.1 Å². The zero-order valence-electron chi connectivity index (χ0n) is 22.2. The van der Waals surface area contributed by atoms with E-state index in [0.717, 1.165) is 15.9 Å². The minimum atomic E-state index is -3.69. The number of fused-ring (bicyclic) bond motifs is 1. The Hall–Kier alpha value is -3.87. The molecule has 0 saturated heterocycles. The summed E-state index contributed by atoms with van der Waals surface area (Å²) in [6.45, 7) is 5.57. The molecular weight excluding hydrogens is 591 g/mol. The maximum atomic E-state index is 13.6. The second kappa shape index (κ2) is 10.6. The van der Waals surface area contributed by atoms with Crippen LogP contribution in [0, 0.1) is 10.1 Å². The van der Waals surface area contributed by atoms with Crippen molar-refractivity contribution in [3.05, 3.63) is 129 Å². The molecule has 0 spiro atoms. The standard InChI is InChI=1S/C31H28BrN2O5P/c1-21(2)38-31-33-28-20-23(34(36)37)19-27(29(28)30(35)39-31)22(3)40(32,24-13-7-4-8-14-24,25-15-9-5-10-16-25)26-17-11-6-12-18-26/h4-22H,1-3H3. The number of aromatic nitrogens is 1. The van der Waals surface area contributed by atoms with E-state index in [9.17, 15) is 14.9 Å². The summed E-state index contributed by atoms with van der Waals surface area (Å²) in [4.78, 5) is 29.6. The van der Waals surface area contributed by atoms with E-state index in [0.29, 0.717) is 5.56 Å². The molecule has 0 N–H and O–H groups in total. The van der Waals surface area contributed by atoms with E-state index in [1.54, 1.807) is 13.8 Å². The number of halogens is 1. The van der Waals surface area contributed by atoms with Gasteiger partial charge in [0.25, 0.3) is 0 Å². The summed E-state index contributed by atoms with van der Waals surface area (Å²) in [5.74, 6) is 0. The van der Waals surface area contributed by atoms with E-state index < -0.39 is 21.5 Å². The number of nitro benzene ring substituents is 1. The van der Waals surface area contributed by atoms with Crippen molar-refractivity contribution >= 4 is 53.3 Å². The maximum absolute atomic E-state index is 13.6. The van der Waals surface area contributed by atoms with Crippen molar-refractivity contribution in [3.8, 4) is 6.08 Å². The van der Waals surface area contributed by atoms with Crippen molar-refractivity contribution in [3.63, 3.8) is 0 Å². The van der Waals surface area contributed by atoms with Gasteiger partial charge in [-0.05, 0) is 0 Å². The summed E-state index contributed by atoms with van der Waals surface area (Å²) in [5.41, 5.74) is -0.691. The van der Waals surface area contributed by atoms with Crippen LogP contribution in [0.15, 0.2) is 112 Å². The predicted molar refractivity (Wildman–Crippen MR) is 165 cm³/mol. The number of non-ortho nitro benzene ring substituents is 1. The fourth-order valence-electron chi connectivity index (χ4n) is 5.42. The Labute approximate surface area is 239 Å². The molecule has 9 heteroatoms.